The molecule has 0 unspecified atom stereocenters. The Labute approximate surface area is 221 Å². The van der Waals surface area contributed by atoms with Crippen molar-refractivity contribution in [2.45, 2.75) is 32.6 Å². The lowest BCUT2D eigenvalue weighted by atomic mass is 9.95. The van der Waals surface area contributed by atoms with Crippen molar-refractivity contribution in [2.75, 3.05) is 11.9 Å². The highest BCUT2D eigenvalue weighted by Gasteiger charge is 2.28. The average molecular weight is 538 g/mol. The van der Waals surface area contributed by atoms with Crippen LogP contribution in [0.5, 0.6) is 5.75 Å². The summed E-state index contributed by atoms with van der Waals surface area (Å²) in [7, 11) is 0. The smallest absolute Gasteiger partial charge is 0.346 e. The first-order valence-electron chi connectivity index (χ1n) is 11.9. The van der Waals surface area contributed by atoms with Crippen LogP contribution in [0.1, 0.15) is 56.5 Å². The first-order chi connectivity index (χ1) is 18.4. The Morgan fingerprint density at radius 3 is 2.47 bits per heavy atom. The maximum absolute atomic E-state index is 13.7. The van der Waals surface area contributed by atoms with Crippen LogP contribution < -0.4 is 15.5 Å². The highest BCUT2D eigenvalue weighted by Crippen LogP contribution is 2.38. The number of thiophene rings is 1. The minimum atomic E-state index is -1.02. The predicted octanol–water partition coefficient (Wildman–Crippen LogP) is 4.25. The molecule has 1 heterocycles. The number of carbonyl (C=O) groups is 4. The molecule has 0 aliphatic heterocycles. The van der Waals surface area contributed by atoms with Gasteiger partial charge in [-0.2, -0.15) is 5.10 Å². The highest BCUT2D eigenvalue weighted by molar-refractivity contribution is 7.17. The van der Waals surface area contributed by atoms with E-state index in [1.165, 1.54) is 47.9 Å². The molecule has 38 heavy (non-hydrogen) atoms. The van der Waals surface area contributed by atoms with Gasteiger partial charge in [0, 0.05) is 4.88 Å². The predicted molar refractivity (Wildman–Crippen MR) is 139 cm³/mol. The van der Waals surface area contributed by atoms with Crippen molar-refractivity contribution in [3.63, 3.8) is 0 Å². The number of carbonyl (C=O) groups excluding carboxylic acids is 4. The van der Waals surface area contributed by atoms with Crippen LogP contribution in [-0.2, 0) is 27.2 Å². The third-order valence-corrected chi connectivity index (χ3v) is 6.86. The molecular weight excluding hydrogens is 513 g/mol. The molecule has 0 fully saturated rings. The van der Waals surface area contributed by atoms with Crippen molar-refractivity contribution in [3.05, 3.63) is 81.5 Å². The lowest BCUT2D eigenvalue weighted by Gasteiger charge is -2.12. The van der Waals surface area contributed by atoms with Gasteiger partial charge in [0.05, 0.1) is 23.9 Å². The third-order valence-electron chi connectivity index (χ3n) is 5.65. The van der Waals surface area contributed by atoms with Gasteiger partial charge in [-0.25, -0.2) is 19.4 Å². The van der Waals surface area contributed by atoms with E-state index in [1.54, 1.807) is 19.1 Å². The number of nitrogens with zero attached hydrogens (tertiary/aromatic N) is 1. The van der Waals surface area contributed by atoms with E-state index in [1.807, 2.05) is 0 Å². The Morgan fingerprint density at radius 1 is 1.00 bits per heavy atom. The standard InChI is InChI=1S/C27H24FN3O6S/c1-2-36-27(35)22-19-8-4-6-10-21(19)38-25(22)30-23(32)24(33)31-29-15-16-11-13-17(14-12-16)37-26(34)18-7-3-5-9-20(18)28/h3,5,7,9,11-15H,2,4,6,8,10H2,1H3,(H,30,32)(H,31,33). The minimum Gasteiger partial charge on any atom is -0.462 e. The van der Waals surface area contributed by atoms with Gasteiger partial charge in [-0.05, 0) is 80.1 Å². The molecule has 0 spiro atoms. The number of nitrogens with one attached hydrogen (secondary N) is 2. The van der Waals surface area contributed by atoms with E-state index >= 15 is 0 Å². The molecule has 1 aliphatic rings. The van der Waals surface area contributed by atoms with Crippen LogP contribution >= 0.6 is 11.3 Å². The van der Waals surface area contributed by atoms with E-state index in [-0.39, 0.29) is 17.9 Å². The lowest BCUT2D eigenvalue weighted by molar-refractivity contribution is -0.136. The molecule has 4 rings (SSSR count). The molecule has 2 N–H and O–H groups in total. The van der Waals surface area contributed by atoms with E-state index in [9.17, 15) is 23.6 Å². The molecule has 9 nitrogen and oxygen atoms in total. The van der Waals surface area contributed by atoms with E-state index in [0.717, 1.165) is 35.8 Å². The Hall–Kier alpha value is -4.38. The van der Waals surface area contributed by atoms with Crippen LogP contribution in [0.4, 0.5) is 9.39 Å². The summed E-state index contributed by atoms with van der Waals surface area (Å²) < 4.78 is 24.0. The molecule has 196 valence electrons. The average Bonchev–Trinajstić information content (AvgIpc) is 3.27. The van der Waals surface area contributed by atoms with Gasteiger partial charge in [-0.15, -0.1) is 11.3 Å². The van der Waals surface area contributed by atoms with Crippen molar-refractivity contribution >= 4 is 46.3 Å². The number of anilines is 1. The molecule has 2 aromatic carbocycles. The molecule has 0 atom stereocenters. The van der Waals surface area contributed by atoms with Crippen LogP contribution in [0.3, 0.4) is 0 Å². The molecule has 0 saturated carbocycles. The number of ether oxygens (including phenoxy) is 2. The number of halogens is 1. The summed E-state index contributed by atoms with van der Waals surface area (Å²) in [6, 6.07) is 11.6. The first-order valence-corrected chi connectivity index (χ1v) is 12.7. The number of rotatable bonds is 7. The van der Waals surface area contributed by atoms with Gasteiger partial charge in [-0.1, -0.05) is 12.1 Å². The summed E-state index contributed by atoms with van der Waals surface area (Å²) in [5.74, 6) is -3.84. The second kappa shape index (κ2) is 12.2. The Morgan fingerprint density at radius 2 is 1.74 bits per heavy atom. The maximum atomic E-state index is 13.7. The van der Waals surface area contributed by atoms with Crippen molar-refractivity contribution in [1.29, 1.82) is 0 Å². The van der Waals surface area contributed by atoms with Crippen molar-refractivity contribution in [2.24, 2.45) is 5.10 Å². The molecular formula is C27H24FN3O6S. The second-order valence-corrected chi connectivity index (χ2v) is 9.33. The van der Waals surface area contributed by atoms with E-state index < -0.39 is 29.6 Å². The molecule has 0 saturated heterocycles. The van der Waals surface area contributed by atoms with Crippen molar-refractivity contribution in [3.8, 4) is 5.75 Å². The van der Waals surface area contributed by atoms with Gasteiger partial charge >= 0.3 is 23.8 Å². The van der Waals surface area contributed by atoms with Gasteiger partial charge in [-0.3, -0.25) is 9.59 Å². The number of fused-ring (bicyclic) bond motifs is 1. The van der Waals surface area contributed by atoms with Gasteiger partial charge in [0.25, 0.3) is 0 Å². The largest absolute Gasteiger partial charge is 0.462 e. The summed E-state index contributed by atoms with van der Waals surface area (Å²) >= 11 is 1.28. The molecule has 3 aromatic rings. The van der Waals surface area contributed by atoms with E-state index in [2.05, 4.69) is 15.8 Å². The van der Waals surface area contributed by atoms with Crippen molar-refractivity contribution in [1.82, 2.24) is 5.43 Å². The van der Waals surface area contributed by atoms with Gasteiger partial charge < -0.3 is 14.8 Å². The molecule has 0 bridgehead atoms. The topological polar surface area (TPSA) is 123 Å². The van der Waals surface area contributed by atoms with Crippen LogP contribution in [-0.4, -0.2) is 36.6 Å². The maximum Gasteiger partial charge on any atom is 0.346 e. The number of esters is 2. The van der Waals surface area contributed by atoms with Gasteiger partial charge in [0.1, 0.15) is 16.6 Å². The highest BCUT2D eigenvalue weighted by atomic mass is 32.1. The zero-order valence-electron chi connectivity index (χ0n) is 20.4. The molecule has 0 radical (unpaired) electrons. The molecule has 11 heteroatoms. The van der Waals surface area contributed by atoms with Crippen LogP contribution in [0, 0.1) is 5.82 Å². The normalized spacial score (nSPS) is 12.5. The lowest BCUT2D eigenvalue weighted by Crippen LogP contribution is -2.32. The van der Waals surface area contributed by atoms with E-state index in [4.69, 9.17) is 9.47 Å². The zero-order valence-corrected chi connectivity index (χ0v) is 21.2. The monoisotopic (exact) mass is 537 g/mol. The number of aryl methyl sites for hydroxylation is 1. The third kappa shape index (κ3) is 6.30. The summed E-state index contributed by atoms with van der Waals surface area (Å²) in [4.78, 5) is 50.4. The summed E-state index contributed by atoms with van der Waals surface area (Å²) in [6.45, 7) is 1.90. The van der Waals surface area contributed by atoms with Crippen LogP contribution in [0.2, 0.25) is 0 Å². The number of hydrazone groups is 1. The van der Waals surface area contributed by atoms with Crippen LogP contribution in [0.25, 0.3) is 0 Å². The number of benzene rings is 2. The Kier molecular flexibility index (Phi) is 8.59. The molecule has 1 aromatic heterocycles. The summed E-state index contributed by atoms with van der Waals surface area (Å²) in [5, 5.41) is 6.58. The van der Waals surface area contributed by atoms with Gasteiger partial charge in [0.15, 0.2) is 0 Å². The molecule has 2 amide bonds. The van der Waals surface area contributed by atoms with E-state index in [0.29, 0.717) is 22.5 Å². The SMILES string of the molecule is CCOC(=O)c1c(NC(=O)C(=O)NN=Cc2ccc(OC(=O)c3ccccc3F)cc2)sc2c1CCCC2. The number of hydrogen-bond donors (Lipinski definition) is 2. The van der Waals surface area contributed by atoms with Gasteiger partial charge in [0.2, 0.25) is 0 Å². The minimum absolute atomic E-state index is 0.184. The first kappa shape index (κ1) is 26.7. The number of amides is 2. The fourth-order valence-electron chi connectivity index (χ4n) is 3.86. The summed E-state index contributed by atoms with van der Waals surface area (Å²) in [5.41, 5.74) is 3.68. The fourth-order valence-corrected chi connectivity index (χ4v) is 5.13. The Bertz CT molecular complexity index is 1400. The van der Waals surface area contributed by atoms with Crippen LogP contribution in [0.15, 0.2) is 53.6 Å². The fraction of sp³-hybridized carbons (Fsp3) is 0.222. The summed E-state index contributed by atoms with van der Waals surface area (Å²) in [6.07, 6.45) is 4.75. The Balaban J connectivity index is 1.34. The zero-order chi connectivity index (χ0) is 27.1. The quantitative estimate of drug-likeness (QED) is 0.153. The van der Waals surface area contributed by atoms with Crippen molar-refractivity contribution < 1.29 is 33.0 Å². The molecule has 1 aliphatic carbocycles. The number of hydrogen-bond acceptors (Lipinski definition) is 8. The second-order valence-electron chi connectivity index (χ2n) is 8.23.